The number of pyridine rings is 1. The molecule has 2 heterocycles. The van der Waals surface area contributed by atoms with Gasteiger partial charge in [0.05, 0.1) is 10.6 Å². The van der Waals surface area contributed by atoms with E-state index in [9.17, 15) is 4.79 Å². The third-order valence-corrected chi connectivity index (χ3v) is 4.06. The second kappa shape index (κ2) is 8.23. The molecule has 1 aromatic rings. The second-order valence-electron chi connectivity index (χ2n) is 5.54. The van der Waals surface area contributed by atoms with Crippen LogP contribution in [0.15, 0.2) is 12.3 Å². The Bertz CT molecular complexity index is 471. The van der Waals surface area contributed by atoms with Gasteiger partial charge in [0.2, 0.25) is 0 Å². The van der Waals surface area contributed by atoms with Gasteiger partial charge in [-0.2, -0.15) is 0 Å². The van der Waals surface area contributed by atoms with Crippen molar-refractivity contribution >= 4 is 23.3 Å². The van der Waals surface area contributed by atoms with E-state index in [0.717, 1.165) is 38.9 Å². The molecule has 0 bridgehead atoms. The van der Waals surface area contributed by atoms with Gasteiger partial charge in [-0.15, -0.1) is 0 Å². The molecule has 0 aliphatic carbocycles. The highest BCUT2D eigenvalue weighted by Gasteiger charge is 2.18. The van der Waals surface area contributed by atoms with Gasteiger partial charge in [-0.3, -0.25) is 4.79 Å². The Balaban J connectivity index is 2.05. The predicted molar refractivity (Wildman–Crippen MR) is 87.0 cm³/mol. The lowest BCUT2D eigenvalue weighted by Gasteiger charge is -2.25. The van der Waals surface area contributed by atoms with Crippen LogP contribution in [0.4, 0.5) is 5.82 Å². The molecule has 0 unspecified atom stereocenters. The molecule has 1 saturated heterocycles. The van der Waals surface area contributed by atoms with Crippen molar-refractivity contribution in [1.29, 1.82) is 0 Å². The number of carbonyl (C=O) groups excluding carboxylic acids is 1. The maximum Gasteiger partial charge on any atom is 0.255 e. The minimum absolute atomic E-state index is 0.0494. The van der Waals surface area contributed by atoms with Gasteiger partial charge in [0.1, 0.15) is 5.82 Å². The highest BCUT2D eigenvalue weighted by Crippen LogP contribution is 2.21. The Morgan fingerprint density at radius 3 is 2.57 bits per heavy atom. The second-order valence-corrected chi connectivity index (χ2v) is 5.95. The molecule has 0 aromatic carbocycles. The van der Waals surface area contributed by atoms with E-state index >= 15 is 0 Å². The molecule has 21 heavy (non-hydrogen) atoms. The molecule has 5 heteroatoms. The summed E-state index contributed by atoms with van der Waals surface area (Å²) in [5, 5.41) is 3.67. The van der Waals surface area contributed by atoms with Gasteiger partial charge in [-0.1, -0.05) is 37.8 Å². The number of carbonyl (C=O) groups is 1. The molecule has 1 N–H and O–H groups in total. The number of anilines is 1. The van der Waals surface area contributed by atoms with E-state index in [-0.39, 0.29) is 5.91 Å². The lowest BCUT2D eigenvalue weighted by atomic mass is 10.1. The monoisotopic (exact) mass is 309 g/mol. The Kier molecular flexibility index (Phi) is 6.30. The van der Waals surface area contributed by atoms with Gasteiger partial charge in [-0.05, 0) is 25.3 Å². The van der Waals surface area contributed by atoms with E-state index < -0.39 is 0 Å². The van der Waals surface area contributed by atoms with Crippen molar-refractivity contribution in [3.8, 4) is 0 Å². The van der Waals surface area contributed by atoms with Crippen molar-refractivity contribution in [2.75, 3.05) is 25.0 Å². The molecule has 1 amide bonds. The highest BCUT2D eigenvalue weighted by atomic mass is 35.5. The van der Waals surface area contributed by atoms with Gasteiger partial charge in [-0.25, -0.2) is 4.98 Å². The molecule has 0 atom stereocenters. The van der Waals surface area contributed by atoms with E-state index in [1.54, 1.807) is 12.3 Å². The quantitative estimate of drug-likeness (QED) is 0.915. The number of rotatable bonds is 4. The summed E-state index contributed by atoms with van der Waals surface area (Å²) in [5.41, 5.74) is 0.586. The van der Waals surface area contributed by atoms with Crippen LogP contribution in [0.5, 0.6) is 0 Å². The number of amides is 1. The Hall–Kier alpha value is -1.29. The van der Waals surface area contributed by atoms with Gasteiger partial charge in [0.15, 0.2) is 0 Å². The molecule has 1 aliphatic heterocycles. The van der Waals surface area contributed by atoms with Crippen molar-refractivity contribution in [3.05, 3.63) is 22.8 Å². The first-order chi connectivity index (χ1) is 10.2. The van der Waals surface area contributed by atoms with Crippen molar-refractivity contribution in [1.82, 2.24) is 9.88 Å². The predicted octanol–water partition coefficient (Wildman–Crippen LogP) is 3.96. The van der Waals surface area contributed by atoms with Crippen LogP contribution in [0.2, 0.25) is 5.02 Å². The summed E-state index contributed by atoms with van der Waals surface area (Å²) in [5.74, 6) is 0.705. The first kappa shape index (κ1) is 16.1. The summed E-state index contributed by atoms with van der Waals surface area (Å²) in [7, 11) is 0. The van der Waals surface area contributed by atoms with Crippen LogP contribution in [-0.2, 0) is 0 Å². The largest absolute Gasteiger partial charge is 0.369 e. The Morgan fingerprint density at radius 2 is 1.95 bits per heavy atom. The highest BCUT2D eigenvalue weighted by molar-refractivity contribution is 6.33. The molecule has 0 radical (unpaired) electrons. The van der Waals surface area contributed by atoms with Crippen molar-refractivity contribution in [3.63, 3.8) is 0 Å². The topological polar surface area (TPSA) is 45.2 Å². The zero-order valence-electron chi connectivity index (χ0n) is 12.7. The fourth-order valence-electron chi connectivity index (χ4n) is 2.56. The van der Waals surface area contributed by atoms with Gasteiger partial charge < -0.3 is 10.2 Å². The summed E-state index contributed by atoms with van der Waals surface area (Å²) < 4.78 is 0. The summed E-state index contributed by atoms with van der Waals surface area (Å²) >= 11 is 6.21. The number of halogens is 1. The van der Waals surface area contributed by atoms with Crippen LogP contribution < -0.4 is 5.32 Å². The lowest BCUT2D eigenvalue weighted by molar-refractivity contribution is 0.0742. The third kappa shape index (κ3) is 4.60. The third-order valence-electron chi connectivity index (χ3n) is 3.77. The number of nitrogens with one attached hydrogen (secondary N) is 1. The van der Waals surface area contributed by atoms with Crippen molar-refractivity contribution in [2.24, 2.45) is 0 Å². The molecule has 2 rings (SSSR count). The van der Waals surface area contributed by atoms with E-state index in [0.29, 0.717) is 16.4 Å². The van der Waals surface area contributed by atoms with Gasteiger partial charge in [0.25, 0.3) is 5.91 Å². The van der Waals surface area contributed by atoms with Crippen LogP contribution in [0, 0.1) is 0 Å². The van der Waals surface area contributed by atoms with Crippen LogP contribution in [-0.4, -0.2) is 35.4 Å². The molecular weight excluding hydrogens is 286 g/mol. The fourth-order valence-corrected chi connectivity index (χ4v) is 2.79. The standard InChI is InChI=1S/C16H24ClN3O/c1-2-8-18-15-14(17)11-13(12-19-15)16(21)20-9-6-4-3-5-7-10-20/h11-12H,2-10H2,1H3,(H,18,19). The van der Waals surface area contributed by atoms with Crippen molar-refractivity contribution in [2.45, 2.75) is 45.4 Å². The first-order valence-corrected chi connectivity index (χ1v) is 8.29. The molecule has 0 saturated carbocycles. The minimum Gasteiger partial charge on any atom is -0.369 e. The number of hydrogen-bond donors (Lipinski definition) is 1. The summed E-state index contributed by atoms with van der Waals surface area (Å²) in [6, 6.07) is 1.73. The van der Waals surface area contributed by atoms with Crippen LogP contribution >= 0.6 is 11.6 Å². The average Bonchev–Trinajstić information content (AvgIpc) is 2.45. The van der Waals surface area contributed by atoms with Crippen LogP contribution in [0.1, 0.15) is 55.8 Å². The molecular formula is C16H24ClN3O. The molecule has 1 aliphatic rings. The van der Waals surface area contributed by atoms with E-state index in [2.05, 4.69) is 17.2 Å². The summed E-state index contributed by atoms with van der Waals surface area (Å²) in [4.78, 5) is 18.8. The molecule has 4 nitrogen and oxygen atoms in total. The SMILES string of the molecule is CCCNc1ncc(C(=O)N2CCCCCCC2)cc1Cl. The molecule has 0 spiro atoms. The zero-order valence-corrected chi connectivity index (χ0v) is 13.5. The fraction of sp³-hybridized carbons (Fsp3) is 0.625. The number of nitrogens with zero attached hydrogens (tertiary/aromatic N) is 2. The van der Waals surface area contributed by atoms with Gasteiger partial charge in [0, 0.05) is 25.8 Å². The van der Waals surface area contributed by atoms with E-state index in [1.165, 1.54) is 19.3 Å². The van der Waals surface area contributed by atoms with E-state index in [4.69, 9.17) is 11.6 Å². The molecule has 1 aromatic heterocycles. The first-order valence-electron chi connectivity index (χ1n) is 7.91. The van der Waals surface area contributed by atoms with E-state index in [1.807, 2.05) is 4.90 Å². The number of hydrogen-bond acceptors (Lipinski definition) is 3. The summed E-state index contributed by atoms with van der Waals surface area (Å²) in [6.45, 7) is 4.59. The number of likely N-dealkylation sites (tertiary alicyclic amines) is 1. The summed E-state index contributed by atoms with van der Waals surface area (Å²) in [6.07, 6.45) is 8.52. The normalized spacial score (nSPS) is 16.2. The van der Waals surface area contributed by atoms with Gasteiger partial charge >= 0.3 is 0 Å². The van der Waals surface area contributed by atoms with Crippen LogP contribution in [0.3, 0.4) is 0 Å². The van der Waals surface area contributed by atoms with Crippen LogP contribution in [0.25, 0.3) is 0 Å². The van der Waals surface area contributed by atoms with Crippen molar-refractivity contribution < 1.29 is 4.79 Å². The Labute approximate surface area is 131 Å². The maximum absolute atomic E-state index is 12.5. The average molecular weight is 310 g/mol. The molecule has 116 valence electrons. The lowest BCUT2D eigenvalue weighted by Crippen LogP contribution is -2.33. The number of aromatic nitrogens is 1. The molecule has 1 fully saturated rings. The zero-order chi connectivity index (χ0) is 15.1. The maximum atomic E-state index is 12.5. The minimum atomic E-state index is 0.0494. The smallest absolute Gasteiger partial charge is 0.255 e. The Morgan fingerprint density at radius 1 is 1.29 bits per heavy atom.